The van der Waals surface area contributed by atoms with E-state index in [1.54, 1.807) is 0 Å². The Balaban J connectivity index is 1.40. The Bertz CT molecular complexity index is 1250. The zero-order valence-corrected chi connectivity index (χ0v) is 19.5. The summed E-state index contributed by atoms with van der Waals surface area (Å²) < 4.78 is 5.44. The van der Waals surface area contributed by atoms with E-state index >= 15 is 0 Å². The third-order valence-corrected chi connectivity index (χ3v) is 6.12. The molecule has 7 nitrogen and oxygen atoms in total. The maximum absolute atomic E-state index is 12.6. The molecule has 4 rings (SSSR count). The van der Waals surface area contributed by atoms with E-state index in [1.165, 1.54) is 19.1 Å². The molecule has 0 heterocycles. The van der Waals surface area contributed by atoms with Crippen molar-refractivity contribution >= 4 is 46.9 Å². The van der Waals surface area contributed by atoms with E-state index in [0.29, 0.717) is 0 Å². The molecule has 0 bridgehead atoms. The molecule has 34 heavy (non-hydrogen) atoms. The first kappa shape index (κ1) is 23.6. The molecule has 0 saturated carbocycles. The predicted octanol–water partition coefficient (Wildman–Crippen LogP) is 5.56. The van der Waals surface area contributed by atoms with Crippen LogP contribution in [0.3, 0.4) is 0 Å². The van der Waals surface area contributed by atoms with E-state index in [1.807, 2.05) is 48.5 Å². The number of carboxylic acid groups (broad SMARTS) is 1. The minimum absolute atomic E-state index is 0.0356. The van der Waals surface area contributed by atoms with Crippen LogP contribution in [0.5, 0.6) is 0 Å². The fraction of sp³-hybridized carbons (Fsp3) is 0.160. The quantitative estimate of drug-likeness (QED) is 0.412. The summed E-state index contributed by atoms with van der Waals surface area (Å²) in [7, 11) is 0. The number of amides is 2. The van der Waals surface area contributed by atoms with E-state index in [9.17, 15) is 19.5 Å². The maximum Gasteiger partial charge on any atom is 0.407 e. The van der Waals surface area contributed by atoms with Crippen LogP contribution in [0.25, 0.3) is 11.1 Å². The summed E-state index contributed by atoms with van der Waals surface area (Å²) in [6.45, 7) is 1.54. The van der Waals surface area contributed by atoms with Gasteiger partial charge in [-0.3, -0.25) is 4.79 Å². The monoisotopic (exact) mass is 498 g/mol. The van der Waals surface area contributed by atoms with Gasteiger partial charge >= 0.3 is 12.1 Å². The first-order chi connectivity index (χ1) is 16.3. The minimum Gasteiger partial charge on any atom is -0.478 e. The van der Waals surface area contributed by atoms with E-state index in [-0.39, 0.29) is 33.8 Å². The number of hydrogen-bond donors (Lipinski definition) is 3. The van der Waals surface area contributed by atoms with Gasteiger partial charge in [0, 0.05) is 10.9 Å². The summed E-state index contributed by atoms with van der Waals surface area (Å²) in [5.74, 6) is -2.09. The smallest absolute Gasteiger partial charge is 0.407 e. The fourth-order valence-corrected chi connectivity index (χ4v) is 4.52. The second-order valence-electron chi connectivity index (χ2n) is 7.80. The Morgan fingerprint density at radius 3 is 2.18 bits per heavy atom. The van der Waals surface area contributed by atoms with Crippen LogP contribution in [0.1, 0.15) is 34.3 Å². The molecular formula is C25H20Cl2N2O5. The number of anilines is 1. The van der Waals surface area contributed by atoms with Crippen molar-refractivity contribution in [3.63, 3.8) is 0 Å². The number of fused-ring (bicyclic) bond motifs is 3. The second kappa shape index (κ2) is 9.75. The molecule has 0 unspecified atom stereocenters. The summed E-state index contributed by atoms with van der Waals surface area (Å²) in [5, 5.41) is 14.3. The van der Waals surface area contributed by atoms with Gasteiger partial charge in [-0.2, -0.15) is 0 Å². The molecule has 0 aliphatic heterocycles. The second-order valence-corrected chi connectivity index (χ2v) is 8.64. The van der Waals surface area contributed by atoms with Crippen molar-refractivity contribution in [1.29, 1.82) is 0 Å². The summed E-state index contributed by atoms with van der Waals surface area (Å²) in [5.41, 5.74) is 3.98. The normalized spacial score (nSPS) is 12.9. The summed E-state index contributed by atoms with van der Waals surface area (Å²) in [6.07, 6.45) is -0.773. The third-order valence-electron chi connectivity index (χ3n) is 5.60. The Kier molecular flexibility index (Phi) is 6.77. The Morgan fingerprint density at radius 2 is 1.59 bits per heavy atom. The van der Waals surface area contributed by atoms with Crippen molar-refractivity contribution in [3.8, 4) is 11.1 Å². The largest absolute Gasteiger partial charge is 0.478 e. The zero-order chi connectivity index (χ0) is 24.4. The number of carboxylic acids is 1. The summed E-state index contributed by atoms with van der Waals surface area (Å²) >= 11 is 11.9. The Hall–Kier alpha value is -3.55. The van der Waals surface area contributed by atoms with Gasteiger partial charge in [0.15, 0.2) is 0 Å². The van der Waals surface area contributed by atoms with Crippen LogP contribution in [0, 0.1) is 0 Å². The standard InChI is InChI=1S/C25H20Cl2N2O5/c1-13(23(30)29-22-19(24(31)32)10-14(26)11-21(22)27)28-25(33)34-12-20-17-8-4-2-6-15(17)16-7-3-5-9-18(16)20/h2-11,13,20H,12H2,1H3,(H,28,33)(H,29,30)(H,31,32)/t13-/m0/s1. The van der Waals surface area contributed by atoms with Crippen LogP contribution in [-0.4, -0.2) is 35.7 Å². The predicted molar refractivity (Wildman–Crippen MR) is 130 cm³/mol. The Morgan fingerprint density at radius 1 is 1.00 bits per heavy atom. The summed E-state index contributed by atoms with van der Waals surface area (Å²) in [6, 6.07) is 17.4. The van der Waals surface area contributed by atoms with Crippen LogP contribution >= 0.6 is 23.2 Å². The molecule has 0 radical (unpaired) electrons. The molecule has 1 aliphatic carbocycles. The van der Waals surface area contributed by atoms with E-state index in [0.717, 1.165) is 22.3 Å². The lowest BCUT2D eigenvalue weighted by Gasteiger charge is -2.18. The number of rotatable bonds is 6. The average Bonchev–Trinajstić information content (AvgIpc) is 3.12. The third kappa shape index (κ3) is 4.71. The minimum atomic E-state index is -1.31. The molecule has 0 aromatic heterocycles. The van der Waals surface area contributed by atoms with Gasteiger partial charge in [0.2, 0.25) is 5.91 Å². The van der Waals surface area contributed by atoms with Gasteiger partial charge in [-0.15, -0.1) is 0 Å². The molecule has 0 fully saturated rings. The van der Waals surface area contributed by atoms with Crippen molar-refractivity contribution in [3.05, 3.63) is 87.4 Å². The molecule has 3 aromatic rings. The van der Waals surface area contributed by atoms with Crippen LogP contribution < -0.4 is 10.6 Å². The highest BCUT2D eigenvalue weighted by Crippen LogP contribution is 2.44. The fourth-order valence-electron chi connectivity index (χ4n) is 3.98. The van der Waals surface area contributed by atoms with Crippen molar-refractivity contribution in [1.82, 2.24) is 5.32 Å². The number of benzene rings is 3. The average molecular weight is 499 g/mol. The van der Waals surface area contributed by atoms with E-state index < -0.39 is 24.0 Å². The van der Waals surface area contributed by atoms with Gasteiger partial charge < -0.3 is 20.5 Å². The number of aromatic carboxylic acids is 1. The van der Waals surface area contributed by atoms with Crippen LogP contribution in [0.15, 0.2) is 60.7 Å². The number of carbonyl (C=O) groups is 3. The van der Waals surface area contributed by atoms with Gasteiger partial charge in [0.1, 0.15) is 12.6 Å². The van der Waals surface area contributed by atoms with Crippen LogP contribution in [0.2, 0.25) is 10.0 Å². The van der Waals surface area contributed by atoms with Gasteiger partial charge in [0.05, 0.1) is 16.3 Å². The lowest BCUT2D eigenvalue weighted by atomic mass is 9.98. The maximum atomic E-state index is 12.6. The van der Waals surface area contributed by atoms with E-state index in [4.69, 9.17) is 27.9 Å². The van der Waals surface area contributed by atoms with Crippen molar-refractivity contribution in [2.45, 2.75) is 18.9 Å². The van der Waals surface area contributed by atoms with Crippen molar-refractivity contribution in [2.75, 3.05) is 11.9 Å². The molecular weight excluding hydrogens is 479 g/mol. The molecule has 0 spiro atoms. The van der Waals surface area contributed by atoms with Gasteiger partial charge in [0.25, 0.3) is 0 Å². The van der Waals surface area contributed by atoms with Gasteiger partial charge in [-0.1, -0.05) is 71.7 Å². The molecule has 174 valence electrons. The molecule has 3 aromatic carbocycles. The zero-order valence-electron chi connectivity index (χ0n) is 18.0. The lowest BCUT2D eigenvalue weighted by molar-refractivity contribution is -0.117. The van der Waals surface area contributed by atoms with Crippen molar-refractivity contribution < 1.29 is 24.2 Å². The molecule has 0 saturated heterocycles. The highest BCUT2D eigenvalue weighted by atomic mass is 35.5. The Labute approximate surface area is 205 Å². The molecule has 9 heteroatoms. The molecule has 2 amide bonds. The highest BCUT2D eigenvalue weighted by molar-refractivity contribution is 6.37. The van der Waals surface area contributed by atoms with E-state index in [2.05, 4.69) is 10.6 Å². The molecule has 1 atom stereocenters. The van der Waals surface area contributed by atoms with Crippen molar-refractivity contribution in [2.24, 2.45) is 0 Å². The van der Waals surface area contributed by atoms with Gasteiger partial charge in [-0.05, 0) is 41.3 Å². The lowest BCUT2D eigenvalue weighted by Crippen LogP contribution is -2.42. The SMILES string of the molecule is C[C@H](NC(=O)OCC1c2ccccc2-c2ccccc21)C(=O)Nc1c(Cl)cc(Cl)cc1C(=O)O. The number of halogens is 2. The number of alkyl carbamates (subject to hydrolysis) is 1. The number of carbonyl (C=O) groups excluding carboxylic acids is 2. The summed E-state index contributed by atoms with van der Waals surface area (Å²) in [4.78, 5) is 36.5. The number of hydrogen-bond acceptors (Lipinski definition) is 4. The molecule has 3 N–H and O–H groups in total. The first-order valence-electron chi connectivity index (χ1n) is 10.4. The highest BCUT2D eigenvalue weighted by Gasteiger charge is 2.29. The number of nitrogens with one attached hydrogen (secondary N) is 2. The van der Waals surface area contributed by atoms with Crippen LogP contribution in [0.4, 0.5) is 10.5 Å². The first-order valence-corrected chi connectivity index (χ1v) is 11.2. The topological polar surface area (TPSA) is 105 Å². The number of ether oxygens (including phenoxy) is 1. The van der Waals surface area contributed by atoms with Gasteiger partial charge in [-0.25, -0.2) is 9.59 Å². The van der Waals surface area contributed by atoms with Crippen LogP contribution in [-0.2, 0) is 9.53 Å². The molecule has 1 aliphatic rings.